The zero-order valence-corrected chi connectivity index (χ0v) is 11.8. The van der Waals surface area contributed by atoms with Crippen LogP contribution in [-0.4, -0.2) is 22.5 Å². The number of carbonyl (C=O) groups excluding carboxylic acids is 1. The summed E-state index contributed by atoms with van der Waals surface area (Å²) < 4.78 is 7.31. The summed E-state index contributed by atoms with van der Waals surface area (Å²) in [5.74, 6) is 0. The quantitative estimate of drug-likeness (QED) is 0.777. The van der Waals surface area contributed by atoms with Crippen LogP contribution in [-0.2, 0) is 22.5 Å². The van der Waals surface area contributed by atoms with Crippen molar-refractivity contribution in [2.45, 2.75) is 45.3 Å². The molecule has 2 rings (SSSR count). The second-order valence-corrected chi connectivity index (χ2v) is 5.33. The first kappa shape index (κ1) is 14.3. The van der Waals surface area contributed by atoms with Crippen LogP contribution < -0.4 is 5.56 Å². The molecule has 1 unspecified atom stereocenters. The first-order chi connectivity index (χ1) is 9.08. The van der Waals surface area contributed by atoms with Crippen LogP contribution >= 0.6 is 11.6 Å². The Morgan fingerprint density at radius 3 is 2.95 bits per heavy atom. The van der Waals surface area contributed by atoms with E-state index in [0.29, 0.717) is 18.5 Å². The molecule has 1 aliphatic heterocycles. The molecule has 1 aromatic rings. The molecule has 1 fully saturated rings. The van der Waals surface area contributed by atoms with Gasteiger partial charge in [0.2, 0.25) is 5.24 Å². The summed E-state index contributed by atoms with van der Waals surface area (Å²) in [5, 5.41) is -0.411. The van der Waals surface area contributed by atoms with Gasteiger partial charge in [0, 0.05) is 24.3 Å². The number of nitrogens with zero attached hydrogens (tertiary/aromatic N) is 1. The largest absolute Gasteiger partial charge is 0.376 e. The Morgan fingerprint density at radius 2 is 2.32 bits per heavy atom. The van der Waals surface area contributed by atoms with Crippen molar-refractivity contribution >= 4 is 16.8 Å². The van der Waals surface area contributed by atoms with Crippen LogP contribution in [0.5, 0.6) is 0 Å². The van der Waals surface area contributed by atoms with Crippen LogP contribution in [0.3, 0.4) is 0 Å². The van der Waals surface area contributed by atoms with Gasteiger partial charge in [0.15, 0.2) is 0 Å². The number of hydrogen-bond acceptors (Lipinski definition) is 3. The monoisotopic (exact) mass is 283 g/mol. The average Bonchev–Trinajstić information content (AvgIpc) is 2.86. The van der Waals surface area contributed by atoms with Crippen molar-refractivity contribution in [1.82, 2.24) is 4.57 Å². The maximum absolute atomic E-state index is 12.3. The Morgan fingerprint density at radius 1 is 1.53 bits per heavy atom. The first-order valence-corrected chi connectivity index (χ1v) is 6.95. The molecule has 1 atom stereocenters. The Balaban J connectivity index is 2.18. The lowest BCUT2D eigenvalue weighted by Gasteiger charge is -2.15. The van der Waals surface area contributed by atoms with Gasteiger partial charge in [-0.05, 0) is 43.9 Å². The molecule has 2 heterocycles. The third-order valence-corrected chi connectivity index (χ3v) is 3.66. The van der Waals surface area contributed by atoms with E-state index in [1.807, 2.05) is 13.0 Å². The molecule has 1 aromatic heterocycles. The van der Waals surface area contributed by atoms with E-state index < -0.39 is 5.24 Å². The van der Waals surface area contributed by atoms with Crippen LogP contribution in [0.1, 0.15) is 30.5 Å². The highest BCUT2D eigenvalue weighted by Crippen LogP contribution is 2.14. The SMILES string of the molecule is Cc1ccc(CCC(=O)Cl)c(=O)n1CC1CCCO1. The fourth-order valence-electron chi connectivity index (χ4n) is 2.36. The molecule has 0 spiro atoms. The predicted octanol–water partition coefficient (Wildman–Crippen LogP) is 2.03. The van der Waals surface area contributed by atoms with Crippen molar-refractivity contribution in [3.63, 3.8) is 0 Å². The third-order valence-electron chi connectivity index (χ3n) is 3.47. The second-order valence-electron chi connectivity index (χ2n) is 4.91. The second kappa shape index (κ2) is 6.35. The van der Waals surface area contributed by atoms with Gasteiger partial charge >= 0.3 is 0 Å². The van der Waals surface area contributed by atoms with Crippen LogP contribution in [0.4, 0.5) is 0 Å². The minimum absolute atomic E-state index is 0.0339. The molecule has 4 nitrogen and oxygen atoms in total. The first-order valence-electron chi connectivity index (χ1n) is 6.57. The zero-order chi connectivity index (χ0) is 13.8. The molecule has 0 saturated carbocycles. The van der Waals surface area contributed by atoms with Crippen molar-refractivity contribution in [3.05, 3.63) is 33.7 Å². The standard InChI is InChI=1S/C14H18ClNO3/c1-10-4-5-11(6-7-13(15)17)14(18)16(10)9-12-3-2-8-19-12/h4-5,12H,2-3,6-9H2,1H3. The predicted molar refractivity (Wildman–Crippen MR) is 73.6 cm³/mol. The Hall–Kier alpha value is -1.13. The van der Waals surface area contributed by atoms with Gasteiger partial charge in [-0.15, -0.1) is 0 Å². The summed E-state index contributed by atoms with van der Waals surface area (Å²) in [6, 6.07) is 3.69. The van der Waals surface area contributed by atoms with Gasteiger partial charge in [0.1, 0.15) is 0 Å². The van der Waals surface area contributed by atoms with E-state index in [1.165, 1.54) is 0 Å². The summed E-state index contributed by atoms with van der Waals surface area (Å²) >= 11 is 5.32. The van der Waals surface area contributed by atoms with Gasteiger partial charge in [0.05, 0.1) is 12.6 Å². The van der Waals surface area contributed by atoms with E-state index in [1.54, 1.807) is 10.6 Å². The number of aromatic nitrogens is 1. The maximum Gasteiger partial charge on any atom is 0.254 e. The van der Waals surface area contributed by atoms with Crippen molar-refractivity contribution < 1.29 is 9.53 Å². The number of ether oxygens (including phenoxy) is 1. The molecule has 0 bridgehead atoms. The fraction of sp³-hybridized carbons (Fsp3) is 0.571. The van der Waals surface area contributed by atoms with Gasteiger partial charge in [-0.3, -0.25) is 9.59 Å². The maximum atomic E-state index is 12.3. The minimum atomic E-state index is -0.411. The van der Waals surface area contributed by atoms with E-state index in [2.05, 4.69) is 0 Å². The summed E-state index contributed by atoms with van der Waals surface area (Å²) in [7, 11) is 0. The molecule has 5 heteroatoms. The van der Waals surface area contributed by atoms with Crippen LogP contribution in [0.25, 0.3) is 0 Å². The van der Waals surface area contributed by atoms with E-state index in [0.717, 1.165) is 25.1 Å². The lowest BCUT2D eigenvalue weighted by molar-refractivity contribution is -0.111. The molecular formula is C14H18ClNO3. The minimum Gasteiger partial charge on any atom is -0.376 e. The fourth-order valence-corrected chi connectivity index (χ4v) is 2.45. The molecule has 0 radical (unpaired) electrons. The average molecular weight is 284 g/mol. The van der Waals surface area contributed by atoms with E-state index >= 15 is 0 Å². The Bertz CT molecular complexity index is 518. The summed E-state index contributed by atoms with van der Waals surface area (Å²) in [6.45, 7) is 3.28. The lowest BCUT2D eigenvalue weighted by atomic mass is 10.1. The summed E-state index contributed by atoms with van der Waals surface area (Å²) in [4.78, 5) is 23.1. The topological polar surface area (TPSA) is 48.3 Å². The molecule has 1 saturated heterocycles. The molecule has 0 amide bonds. The zero-order valence-electron chi connectivity index (χ0n) is 11.0. The summed E-state index contributed by atoms with van der Waals surface area (Å²) in [6.07, 6.45) is 2.77. The number of aryl methyl sites for hydroxylation is 2. The smallest absolute Gasteiger partial charge is 0.254 e. The Kier molecular flexibility index (Phi) is 4.77. The van der Waals surface area contributed by atoms with Gasteiger partial charge in [-0.25, -0.2) is 0 Å². The molecule has 0 N–H and O–H groups in total. The summed E-state index contributed by atoms with van der Waals surface area (Å²) in [5.41, 5.74) is 1.52. The number of rotatable bonds is 5. The highest BCUT2D eigenvalue weighted by atomic mass is 35.5. The number of carbonyl (C=O) groups is 1. The van der Waals surface area contributed by atoms with Crippen molar-refractivity contribution in [3.8, 4) is 0 Å². The normalized spacial score (nSPS) is 18.7. The van der Waals surface area contributed by atoms with Gasteiger partial charge in [-0.2, -0.15) is 0 Å². The van der Waals surface area contributed by atoms with Gasteiger partial charge in [-0.1, -0.05) is 6.07 Å². The molecular weight excluding hydrogens is 266 g/mol. The van der Waals surface area contributed by atoms with Crippen LogP contribution in [0, 0.1) is 6.92 Å². The van der Waals surface area contributed by atoms with Crippen LogP contribution in [0.15, 0.2) is 16.9 Å². The van der Waals surface area contributed by atoms with Crippen LogP contribution in [0.2, 0.25) is 0 Å². The van der Waals surface area contributed by atoms with Gasteiger partial charge in [0.25, 0.3) is 5.56 Å². The third kappa shape index (κ3) is 3.67. The molecule has 19 heavy (non-hydrogen) atoms. The highest BCUT2D eigenvalue weighted by Gasteiger charge is 2.18. The lowest BCUT2D eigenvalue weighted by Crippen LogP contribution is -2.30. The van der Waals surface area contributed by atoms with E-state index in [4.69, 9.17) is 16.3 Å². The van der Waals surface area contributed by atoms with Crippen molar-refractivity contribution in [2.75, 3.05) is 6.61 Å². The molecule has 0 aliphatic carbocycles. The van der Waals surface area contributed by atoms with E-state index in [9.17, 15) is 9.59 Å². The number of pyridine rings is 1. The van der Waals surface area contributed by atoms with E-state index in [-0.39, 0.29) is 18.1 Å². The van der Waals surface area contributed by atoms with Gasteiger partial charge < -0.3 is 9.30 Å². The molecule has 0 aromatic carbocycles. The number of halogens is 1. The van der Waals surface area contributed by atoms with Crippen molar-refractivity contribution in [2.24, 2.45) is 0 Å². The Labute approximate surface area is 117 Å². The highest BCUT2D eigenvalue weighted by molar-refractivity contribution is 6.63. The van der Waals surface area contributed by atoms with Crippen molar-refractivity contribution in [1.29, 1.82) is 0 Å². The number of hydrogen-bond donors (Lipinski definition) is 0. The molecule has 1 aliphatic rings. The molecule has 104 valence electrons.